The van der Waals surface area contributed by atoms with Crippen LogP contribution in [0.5, 0.6) is 11.5 Å². The molecule has 1 atom stereocenters. The SMILES string of the molecule is CCNC(=NCc1cccc(OC)c1O)NC1CCCN(c2ccc(C)cc2)C1. The molecule has 0 radical (unpaired) electrons. The molecular weight excluding hydrogens is 364 g/mol. The largest absolute Gasteiger partial charge is 0.504 e. The monoisotopic (exact) mass is 396 g/mol. The normalized spacial score (nSPS) is 17.1. The fraction of sp³-hybridized carbons (Fsp3) is 0.435. The van der Waals surface area contributed by atoms with E-state index in [0.29, 0.717) is 18.3 Å². The fourth-order valence-electron chi connectivity index (χ4n) is 3.62. The van der Waals surface area contributed by atoms with Crippen molar-refractivity contribution in [3.05, 3.63) is 53.6 Å². The first kappa shape index (κ1) is 20.8. The molecule has 0 saturated carbocycles. The van der Waals surface area contributed by atoms with Gasteiger partial charge in [0.15, 0.2) is 17.5 Å². The third-order valence-corrected chi connectivity index (χ3v) is 5.22. The summed E-state index contributed by atoms with van der Waals surface area (Å²) in [4.78, 5) is 7.11. The minimum Gasteiger partial charge on any atom is -0.504 e. The molecule has 3 N–H and O–H groups in total. The maximum atomic E-state index is 10.3. The predicted molar refractivity (Wildman–Crippen MR) is 119 cm³/mol. The van der Waals surface area contributed by atoms with Gasteiger partial charge in [0.05, 0.1) is 13.7 Å². The molecule has 0 amide bonds. The molecule has 3 rings (SSSR count). The molecule has 0 bridgehead atoms. The number of aryl methyl sites for hydroxylation is 1. The van der Waals surface area contributed by atoms with Crippen LogP contribution in [0.3, 0.4) is 0 Å². The predicted octanol–water partition coefficient (Wildman–Crippen LogP) is 3.43. The minimum absolute atomic E-state index is 0.151. The molecule has 0 spiro atoms. The van der Waals surface area contributed by atoms with Crippen molar-refractivity contribution >= 4 is 11.6 Å². The zero-order valence-corrected chi connectivity index (χ0v) is 17.6. The Labute approximate surface area is 173 Å². The van der Waals surface area contributed by atoms with Crippen LogP contribution in [0.25, 0.3) is 0 Å². The van der Waals surface area contributed by atoms with Crippen LogP contribution in [-0.4, -0.2) is 43.9 Å². The van der Waals surface area contributed by atoms with E-state index in [1.54, 1.807) is 13.2 Å². The molecule has 6 nitrogen and oxygen atoms in total. The zero-order valence-electron chi connectivity index (χ0n) is 17.6. The number of rotatable bonds is 6. The second kappa shape index (κ2) is 10.0. The number of ether oxygens (including phenoxy) is 1. The van der Waals surface area contributed by atoms with E-state index in [9.17, 15) is 5.11 Å². The lowest BCUT2D eigenvalue weighted by Crippen LogP contribution is -2.51. The molecule has 1 unspecified atom stereocenters. The van der Waals surface area contributed by atoms with Gasteiger partial charge in [-0.15, -0.1) is 0 Å². The van der Waals surface area contributed by atoms with Crippen molar-refractivity contribution in [1.29, 1.82) is 0 Å². The Morgan fingerprint density at radius 1 is 1.24 bits per heavy atom. The topological polar surface area (TPSA) is 69.1 Å². The highest BCUT2D eigenvalue weighted by Crippen LogP contribution is 2.29. The molecule has 6 heteroatoms. The van der Waals surface area contributed by atoms with Gasteiger partial charge in [-0.05, 0) is 44.9 Å². The average molecular weight is 397 g/mol. The van der Waals surface area contributed by atoms with Crippen molar-refractivity contribution in [1.82, 2.24) is 10.6 Å². The van der Waals surface area contributed by atoms with E-state index < -0.39 is 0 Å². The summed E-state index contributed by atoms with van der Waals surface area (Å²) in [7, 11) is 1.55. The Kier molecular flexibility index (Phi) is 7.22. The maximum Gasteiger partial charge on any atom is 0.191 e. The van der Waals surface area contributed by atoms with Gasteiger partial charge in [-0.3, -0.25) is 0 Å². The van der Waals surface area contributed by atoms with E-state index in [1.807, 2.05) is 12.1 Å². The van der Waals surface area contributed by atoms with Gasteiger partial charge >= 0.3 is 0 Å². The summed E-state index contributed by atoms with van der Waals surface area (Å²) >= 11 is 0. The van der Waals surface area contributed by atoms with Crippen LogP contribution in [0.1, 0.15) is 30.9 Å². The number of nitrogens with zero attached hydrogens (tertiary/aromatic N) is 2. The molecule has 2 aromatic rings. The minimum atomic E-state index is 0.151. The van der Waals surface area contributed by atoms with Crippen LogP contribution >= 0.6 is 0 Å². The van der Waals surface area contributed by atoms with Crippen LogP contribution in [0, 0.1) is 6.92 Å². The summed E-state index contributed by atoms with van der Waals surface area (Å²) in [6, 6.07) is 14.5. The van der Waals surface area contributed by atoms with Gasteiger partial charge in [-0.2, -0.15) is 0 Å². The number of hydrogen-bond donors (Lipinski definition) is 3. The van der Waals surface area contributed by atoms with Gasteiger partial charge in [-0.25, -0.2) is 4.99 Å². The smallest absolute Gasteiger partial charge is 0.191 e. The number of nitrogens with one attached hydrogen (secondary N) is 2. The quantitative estimate of drug-likeness (QED) is 0.516. The average Bonchev–Trinajstić information content (AvgIpc) is 2.74. The standard InChI is InChI=1S/C23H32N4O2/c1-4-24-23(25-15-18-7-5-9-21(29-3)22(18)28)26-19-8-6-14-27(16-19)20-12-10-17(2)11-13-20/h5,7,9-13,19,28H,4,6,8,14-16H2,1-3H3,(H2,24,25,26). The van der Waals surface area contributed by atoms with Crippen molar-refractivity contribution in [2.45, 2.75) is 39.3 Å². The number of aliphatic imine (C=N–C) groups is 1. The lowest BCUT2D eigenvalue weighted by molar-refractivity contribution is 0.370. The van der Waals surface area contributed by atoms with Crippen molar-refractivity contribution in [3.8, 4) is 11.5 Å². The van der Waals surface area contributed by atoms with Crippen LogP contribution in [0.4, 0.5) is 5.69 Å². The van der Waals surface area contributed by atoms with Gasteiger partial charge in [0.2, 0.25) is 0 Å². The summed E-state index contributed by atoms with van der Waals surface area (Å²) in [6.07, 6.45) is 2.25. The molecule has 0 aliphatic carbocycles. The highest BCUT2D eigenvalue weighted by molar-refractivity contribution is 5.80. The van der Waals surface area contributed by atoms with Gasteiger partial charge in [0.1, 0.15) is 0 Å². The number of piperidine rings is 1. The van der Waals surface area contributed by atoms with Crippen molar-refractivity contribution < 1.29 is 9.84 Å². The molecule has 156 valence electrons. The van der Waals surface area contributed by atoms with Gasteiger partial charge in [0.25, 0.3) is 0 Å². The highest BCUT2D eigenvalue weighted by atomic mass is 16.5. The fourth-order valence-corrected chi connectivity index (χ4v) is 3.62. The van der Waals surface area contributed by atoms with E-state index in [0.717, 1.165) is 44.0 Å². The zero-order chi connectivity index (χ0) is 20.6. The number of aromatic hydroxyl groups is 1. The highest BCUT2D eigenvalue weighted by Gasteiger charge is 2.21. The van der Waals surface area contributed by atoms with Crippen LogP contribution < -0.4 is 20.3 Å². The summed E-state index contributed by atoms with van der Waals surface area (Å²) in [5.41, 5.74) is 3.29. The Morgan fingerprint density at radius 3 is 2.76 bits per heavy atom. The van der Waals surface area contributed by atoms with Crippen LogP contribution in [0.15, 0.2) is 47.5 Å². The molecule has 1 fully saturated rings. The Morgan fingerprint density at radius 2 is 2.03 bits per heavy atom. The number of methoxy groups -OCH3 is 1. The Bertz CT molecular complexity index is 820. The van der Waals surface area contributed by atoms with Gasteiger partial charge < -0.3 is 25.4 Å². The number of benzene rings is 2. The second-order valence-corrected chi connectivity index (χ2v) is 7.43. The van der Waals surface area contributed by atoms with E-state index in [-0.39, 0.29) is 5.75 Å². The number of phenolic OH excluding ortho intramolecular Hbond substituents is 1. The first-order chi connectivity index (χ1) is 14.1. The third kappa shape index (κ3) is 5.56. The van der Waals surface area contributed by atoms with Crippen LogP contribution in [-0.2, 0) is 6.54 Å². The van der Waals surface area contributed by atoms with Crippen LogP contribution in [0.2, 0.25) is 0 Å². The lowest BCUT2D eigenvalue weighted by Gasteiger charge is -2.35. The Hall–Kier alpha value is -2.89. The van der Waals surface area contributed by atoms with Gasteiger partial charge in [-0.1, -0.05) is 29.8 Å². The number of guanidine groups is 1. The number of anilines is 1. The van der Waals surface area contributed by atoms with E-state index in [4.69, 9.17) is 4.74 Å². The molecule has 1 aliphatic rings. The van der Waals surface area contributed by atoms with Crippen molar-refractivity contribution in [2.75, 3.05) is 31.6 Å². The molecular formula is C23H32N4O2. The molecule has 0 aromatic heterocycles. The number of para-hydroxylation sites is 1. The molecule has 1 heterocycles. The second-order valence-electron chi connectivity index (χ2n) is 7.43. The maximum absolute atomic E-state index is 10.3. The lowest BCUT2D eigenvalue weighted by atomic mass is 10.0. The van der Waals surface area contributed by atoms with E-state index in [1.165, 1.54) is 11.3 Å². The molecule has 29 heavy (non-hydrogen) atoms. The molecule has 1 saturated heterocycles. The summed E-state index contributed by atoms with van der Waals surface area (Å²) in [5, 5.41) is 17.2. The summed E-state index contributed by atoms with van der Waals surface area (Å²) in [6.45, 7) is 7.35. The Balaban J connectivity index is 1.66. The van der Waals surface area contributed by atoms with E-state index >= 15 is 0 Å². The number of hydrogen-bond acceptors (Lipinski definition) is 4. The van der Waals surface area contributed by atoms with Gasteiger partial charge in [0, 0.05) is 36.9 Å². The van der Waals surface area contributed by atoms with E-state index in [2.05, 4.69) is 58.6 Å². The first-order valence-electron chi connectivity index (χ1n) is 10.3. The summed E-state index contributed by atoms with van der Waals surface area (Å²) < 4.78 is 5.19. The number of phenols is 1. The van der Waals surface area contributed by atoms with Crippen molar-refractivity contribution in [3.63, 3.8) is 0 Å². The third-order valence-electron chi connectivity index (χ3n) is 5.22. The molecule has 1 aliphatic heterocycles. The summed E-state index contributed by atoms with van der Waals surface area (Å²) in [5.74, 6) is 1.39. The van der Waals surface area contributed by atoms with Crippen molar-refractivity contribution in [2.24, 2.45) is 4.99 Å². The first-order valence-corrected chi connectivity index (χ1v) is 10.3. The molecule has 2 aromatic carbocycles.